The molecule has 3 rings (SSSR count). The summed E-state index contributed by atoms with van der Waals surface area (Å²) in [6.45, 7) is 4.47. The van der Waals surface area contributed by atoms with Crippen LogP contribution in [0.15, 0.2) is 41.0 Å². The van der Waals surface area contributed by atoms with Crippen molar-refractivity contribution in [1.82, 2.24) is 9.97 Å². The van der Waals surface area contributed by atoms with Gasteiger partial charge in [-0.05, 0) is 52.9 Å². The van der Waals surface area contributed by atoms with Crippen LogP contribution in [0.3, 0.4) is 0 Å². The standard InChI is InChI=1S/C16H19BrN4/c1-12-7-10-21(11-8-12)15-6-9-18-16(20-15)19-14-5-3-2-4-13(14)17/h2-6,9,12H,7-8,10-11H2,1H3,(H,18,19,20). The van der Waals surface area contributed by atoms with Crippen LogP contribution in [0.4, 0.5) is 17.5 Å². The normalized spacial score (nSPS) is 16.0. The lowest BCUT2D eigenvalue weighted by Gasteiger charge is -2.31. The van der Waals surface area contributed by atoms with Crippen molar-refractivity contribution in [2.75, 3.05) is 23.3 Å². The molecule has 0 radical (unpaired) electrons. The summed E-state index contributed by atoms with van der Waals surface area (Å²) in [4.78, 5) is 11.3. The summed E-state index contributed by atoms with van der Waals surface area (Å²) in [5.74, 6) is 2.46. The first kappa shape index (κ1) is 14.3. The van der Waals surface area contributed by atoms with Crippen molar-refractivity contribution in [3.05, 3.63) is 41.0 Å². The zero-order valence-corrected chi connectivity index (χ0v) is 13.7. The number of piperidine rings is 1. The molecular formula is C16H19BrN4. The Morgan fingerprint density at radius 1 is 1.19 bits per heavy atom. The third-order valence-corrected chi connectivity index (χ3v) is 4.56. The van der Waals surface area contributed by atoms with E-state index in [4.69, 9.17) is 0 Å². The Kier molecular flexibility index (Phi) is 4.39. The number of benzene rings is 1. The van der Waals surface area contributed by atoms with Gasteiger partial charge in [-0.3, -0.25) is 0 Å². The fraction of sp³-hybridized carbons (Fsp3) is 0.375. The highest BCUT2D eigenvalue weighted by Gasteiger charge is 2.17. The summed E-state index contributed by atoms with van der Waals surface area (Å²) in [5.41, 5.74) is 0.974. The second kappa shape index (κ2) is 6.43. The average molecular weight is 347 g/mol. The van der Waals surface area contributed by atoms with Gasteiger partial charge in [-0.25, -0.2) is 4.98 Å². The summed E-state index contributed by atoms with van der Waals surface area (Å²) in [5, 5.41) is 3.26. The van der Waals surface area contributed by atoms with E-state index in [1.165, 1.54) is 12.8 Å². The van der Waals surface area contributed by atoms with Crippen LogP contribution in [0, 0.1) is 5.92 Å². The van der Waals surface area contributed by atoms with Gasteiger partial charge in [0.15, 0.2) is 0 Å². The van der Waals surface area contributed by atoms with E-state index >= 15 is 0 Å². The summed E-state index contributed by atoms with van der Waals surface area (Å²) < 4.78 is 1.01. The third kappa shape index (κ3) is 3.53. The number of hydrogen-bond acceptors (Lipinski definition) is 4. The highest BCUT2D eigenvalue weighted by molar-refractivity contribution is 9.10. The monoisotopic (exact) mass is 346 g/mol. The minimum Gasteiger partial charge on any atom is -0.356 e. The van der Waals surface area contributed by atoms with E-state index in [-0.39, 0.29) is 0 Å². The molecule has 1 saturated heterocycles. The number of hydrogen-bond donors (Lipinski definition) is 1. The lowest BCUT2D eigenvalue weighted by atomic mass is 9.99. The smallest absolute Gasteiger partial charge is 0.229 e. The Balaban J connectivity index is 1.76. The number of nitrogens with one attached hydrogen (secondary N) is 1. The minimum atomic E-state index is 0.637. The van der Waals surface area contributed by atoms with E-state index < -0.39 is 0 Å². The molecule has 0 aliphatic carbocycles. The zero-order chi connectivity index (χ0) is 14.7. The fourth-order valence-corrected chi connectivity index (χ4v) is 2.89. The molecule has 5 heteroatoms. The van der Waals surface area contributed by atoms with Gasteiger partial charge in [-0.2, -0.15) is 4.98 Å². The van der Waals surface area contributed by atoms with Gasteiger partial charge >= 0.3 is 0 Å². The van der Waals surface area contributed by atoms with E-state index in [0.717, 1.165) is 35.0 Å². The van der Waals surface area contributed by atoms with Crippen LogP contribution in [0.5, 0.6) is 0 Å². The predicted molar refractivity (Wildman–Crippen MR) is 90.1 cm³/mol. The molecule has 21 heavy (non-hydrogen) atoms. The maximum Gasteiger partial charge on any atom is 0.229 e. The summed E-state index contributed by atoms with van der Waals surface area (Å²) in [6.07, 6.45) is 4.29. The highest BCUT2D eigenvalue weighted by Crippen LogP contribution is 2.25. The van der Waals surface area contributed by atoms with Crippen LogP contribution in [-0.2, 0) is 0 Å². The first-order chi connectivity index (χ1) is 10.2. The molecule has 1 aliphatic rings. The Hall–Kier alpha value is -1.62. The maximum absolute atomic E-state index is 4.64. The lowest BCUT2D eigenvalue weighted by Crippen LogP contribution is -2.33. The molecule has 1 fully saturated rings. The third-order valence-electron chi connectivity index (χ3n) is 3.87. The minimum absolute atomic E-state index is 0.637. The Bertz CT molecular complexity index is 609. The van der Waals surface area contributed by atoms with Gasteiger partial charge in [-0.1, -0.05) is 19.1 Å². The molecule has 1 aromatic carbocycles. The Morgan fingerprint density at radius 2 is 1.95 bits per heavy atom. The number of aromatic nitrogens is 2. The first-order valence-electron chi connectivity index (χ1n) is 7.32. The first-order valence-corrected chi connectivity index (χ1v) is 8.11. The van der Waals surface area contributed by atoms with Crippen LogP contribution in [0.2, 0.25) is 0 Å². The molecule has 0 amide bonds. The summed E-state index contributed by atoms with van der Waals surface area (Å²) >= 11 is 3.53. The zero-order valence-electron chi connectivity index (χ0n) is 12.1. The molecule has 4 nitrogen and oxygen atoms in total. The Morgan fingerprint density at radius 3 is 2.71 bits per heavy atom. The molecule has 1 N–H and O–H groups in total. The number of nitrogens with zero attached hydrogens (tertiary/aromatic N) is 3. The van der Waals surface area contributed by atoms with Crippen molar-refractivity contribution < 1.29 is 0 Å². The van der Waals surface area contributed by atoms with Crippen LogP contribution in [0.25, 0.3) is 0 Å². The molecule has 2 heterocycles. The van der Waals surface area contributed by atoms with Crippen molar-refractivity contribution in [3.8, 4) is 0 Å². The topological polar surface area (TPSA) is 41.1 Å². The van der Waals surface area contributed by atoms with Crippen molar-refractivity contribution in [2.24, 2.45) is 5.92 Å². The molecular weight excluding hydrogens is 328 g/mol. The van der Waals surface area contributed by atoms with Crippen LogP contribution >= 0.6 is 15.9 Å². The van der Waals surface area contributed by atoms with Crippen molar-refractivity contribution in [3.63, 3.8) is 0 Å². The van der Waals surface area contributed by atoms with Crippen molar-refractivity contribution in [1.29, 1.82) is 0 Å². The van der Waals surface area contributed by atoms with Crippen LogP contribution < -0.4 is 10.2 Å². The molecule has 0 bridgehead atoms. The van der Waals surface area contributed by atoms with E-state index in [1.807, 2.05) is 36.5 Å². The van der Waals surface area contributed by atoms with Gasteiger partial charge in [0, 0.05) is 23.8 Å². The second-order valence-corrected chi connectivity index (χ2v) is 6.37. The van der Waals surface area contributed by atoms with E-state index in [2.05, 4.69) is 43.0 Å². The Labute approximate surface area is 133 Å². The van der Waals surface area contributed by atoms with Gasteiger partial charge in [0.25, 0.3) is 0 Å². The summed E-state index contributed by atoms with van der Waals surface area (Å²) in [7, 11) is 0. The van der Waals surface area contributed by atoms with Crippen LogP contribution in [-0.4, -0.2) is 23.1 Å². The fourth-order valence-electron chi connectivity index (χ4n) is 2.51. The van der Waals surface area contributed by atoms with Crippen LogP contribution in [0.1, 0.15) is 19.8 Å². The lowest BCUT2D eigenvalue weighted by molar-refractivity contribution is 0.436. The molecule has 0 spiro atoms. The summed E-state index contributed by atoms with van der Waals surface area (Å²) in [6, 6.07) is 9.96. The van der Waals surface area contributed by atoms with Gasteiger partial charge in [0.2, 0.25) is 5.95 Å². The number of halogens is 1. The number of rotatable bonds is 3. The van der Waals surface area contributed by atoms with Crippen molar-refractivity contribution >= 4 is 33.4 Å². The van der Waals surface area contributed by atoms with Gasteiger partial charge in [0.1, 0.15) is 5.82 Å². The molecule has 0 unspecified atom stereocenters. The molecule has 1 aliphatic heterocycles. The molecule has 0 saturated carbocycles. The highest BCUT2D eigenvalue weighted by atomic mass is 79.9. The SMILES string of the molecule is CC1CCN(c2ccnc(Nc3ccccc3Br)n2)CC1. The van der Waals surface area contributed by atoms with Gasteiger partial charge in [-0.15, -0.1) is 0 Å². The van der Waals surface area contributed by atoms with Gasteiger partial charge < -0.3 is 10.2 Å². The largest absolute Gasteiger partial charge is 0.356 e. The molecule has 0 atom stereocenters. The predicted octanol–water partition coefficient (Wildman–Crippen LogP) is 4.22. The van der Waals surface area contributed by atoms with Gasteiger partial charge in [0.05, 0.1) is 5.69 Å². The number of para-hydroxylation sites is 1. The van der Waals surface area contributed by atoms with E-state index in [0.29, 0.717) is 5.95 Å². The molecule has 110 valence electrons. The second-order valence-electron chi connectivity index (χ2n) is 5.51. The van der Waals surface area contributed by atoms with Crippen molar-refractivity contribution in [2.45, 2.75) is 19.8 Å². The quantitative estimate of drug-likeness (QED) is 0.903. The maximum atomic E-state index is 4.64. The number of anilines is 3. The van der Waals surface area contributed by atoms with E-state index in [1.54, 1.807) is 0 Å². The van der Waals surface area contributed by atoms with E-state index in [9.17, 15) is 0 Å². The molecule has 1 aromatic heterocycles. The average Bonchev–Trinajstić information content (AvgIpc) is 2.51. The molecule has 2 aromatic rings.